The molecule has 35 heavy (non-hydrogen) atoms. The fourth-order valence-corrected chi connectivity index (χ4v) is 4.94. The van der Waals surface area contributed by atoms with Gasteiger partial charge in [0.1, 0.15) is 0 Å². The molecule has 0 saturated heterocycles. The van der Waals surface area contributed by atoms with Gasteiger partial charge in [-0.1, -0.05) is 97.1 Å². The van der Waals surface area contributed by atoms with Gasteiger partial charge in [0, 0.05) is 27.2 Å². The second kappa shape index (κ2) is 8.41. The van der Waals surface area contributed by atoms with E-state index in [2.05, 4.69) is 115 Å². The highest BCUT2D eigenvalue weighted by atomic mass is 16.1. The molecule has 0 saturated carbocycles. The molecule has 0 aliphatic heterocycles. The second-order valence-electron chi connectivity index (χ2n) is 9.37. The molecule has 0 atom stereocenters. The van der Waals surface area contributed by atoms with Gasteiger partial charge in [-0.15, -0.1) is 0 Å². The van der Waals surface area contributed by atoms with Crippen molar-refractivity contribution < 1.29 is 4.79 Å². The third kappa shape index (κ3) is 4.04. The van der Waals surface area contributed by atoms with Crippen LogP contribution in [0.25, 0.3) is 33.5 Å². The number of rotatable bonds is 3. The Balaban J connectivity index is 1.53. The summed E-state index contributed by atoms with van der Waals surface area (Å²) in [6.45, 7) is 2.11. The zero-order valence-electron chi connectivity index (χ0n) is 19.5. The number of hydrogen-bond acceptors (Lipinski definition) is 1. The summed E-state index contributed by atoms with van der Waals surface area (Å²) >= 11 is 0. The normalized spacial score (nSPS) is 14.5. The highest BCUT2D eigenvalue weighted by Crippen LogP contribution is 2.30. The van der Waals surface area contributed by atoms with E-state index in [1.807, 2.05) is 12.2 Å². The quantitative estimate of drug-likeness (QED) is 0.356. The number of carbonyl (C=O) groups is 1. The van der Waals surface area contributed by atoms with Crippen LogP contribution >= 0.6 is 0 Å². The molecule has 0 spiro atoms. The Bertz CT molecular complexity index is 1730. The standard InChI is InChI=1S/C33H25NO/c1-33(19-17-27(35)18-20-33)22-23-11-13-25(14-12-23)32(24-7-3-2-4-8-24)26-15-16-31-29(21-26)28-9-5-6-10-30(28)34-31/h2-22,34H,1H3. The summed E-state index contributed by atoms with van der Waals surface area (Å²) < 4.78 is 0. The lowest BCUT2D eigenvalue weighted by Crippen LogP contribution is -2.17. The number of nitrogens with one attached hydrogen (secondary N) is 1. The van der Waals surface area contributed by atoms with Crippen molar-refractivity contribution in [1.82, 2.24) is 4.98 Å². The van der Waals surface area contributed by atoms with Crippen molar-refractivity contribution in [2.75, 3.05) is 0 Å². The van der Waals surface area contributed by atoms with Crippen molar-refractivity contribution in [3.8, 4) is 0 Å². The number of para-hydroxylation sites is 1. The van der Waals surface area contributed by atoms with Gasteiger partial charge in [0.25, 0.3) is 0 Å². The lowest BCUT2D eigenvalue weighted by molar-refractivity contribution is -0.110. The van der Waals surface area contributed by atoms with Gasteiger partial charge >= 0.3 is 0 Å². The van der Waals surface area contributed by atoms with Crippen LogP contribution in [-0.4, -0.2) is 10.8 Å². The number of fused-ring (bicyclic) bond motifs is 3. The Hall–Kier alpha value is -4.43. The second-order valence-corrected chi connectivity index (χ2v) is 9.37. The number of benzene rings is 4. The topological polar surface area (TPSA) is 32.9 Å². The Morgan fingerprint density at radius 1 is 0.714 bits per heavy atom. The maximum atomic E-state index is 11.5. The largest absolute Gasteiger partial charge is 0.355 e. The Kier molecular flexibility index (Phi) is 5.08. The van der Waals surface area contributed by atoms with Crippen molar-refractivity contribution in [1.29, 1.82) is 0 Å². The summed E-state index contributed by atoms with van der Waals surface area (Å²) in [5.74, 6) is 0.0421. The minimum absolute atomic E-state index is 0.0421. The van der Waals surface area contributed by atoms with Crippen LogP contribution in [0.4, 0.5) is 0 Å². The molecule has 2 nitrogen and oxygen atoms in total. The molecular weight excluding hydrogens is 426 g/mol. The highest BCUT2D eigenvalue weighted by molar-refractivity contribution is 6.08. The van der Waals surface area contributed by atoms with Crippen LogP contribution in [0.15, 0.2) is 121 Å². The number of aromatic nitrogens is 1. The van der Waals surface area contributed by atoms with Crippen molar-refractivity contribution in [2.24, 2.45) is 5.41 Å². The predicted octanol–water partition coefficient (Wildman–Crippen LogP) is 6.05. The summed E-state index contributed by atoms with van der Waals surface area (Å²) in [6.07, 6.45) is 9.40. The van der Waals surface area contributed by atoms with Gasteiger partial charge in [-0.3, -0.25) is 4.79 Å². The maximum Gasteiger partial charge on any atom is 0.178 e. The first kappa shape index (κ1) is 21.1. The van der Waals surface area contributed by atoms with Crippen molar-refractivity contribution in [2.45, 2.75) is 6.92 Å². The molecule has 168 valence electrons. The van der Waals surface area contributed by atoms with E-state index in [4.69, 9.17) is 0 Å². The van der Waals surface area contributed by atoms with Crippen LogP contribution in [0, 0.1) is 5.41 Å². The van der Waals surface area contributed by atoms with Gasteiger partial charge < -0.3 is 4.98 Å². The molecule has 0 unspecified atom stereocenters. The average Bonchev–Trinajstić information content (AvgIpc) is 3.26. The van der Waals surface area contributed by atoms with E-state index < -0.39 is 0 Å². The van der Waals surface area contributed by atoms with E-state index in [0.29, 0.717) is 0 Å². The lowest BCUT2D eigenvalue weighted by Gasteiger charge is -2.19. The van der Waals surface area contributed by atoms with Crippen molar-refractivity contribution >= 4 is 39.2 Å². The molecule has 1 aliphatic carbocycles. The van der Waals surface area contributed by atoms with Gasteiger partial charge in [0.05, 0.1) is 0 Å². The lowest BCUT2D eigenvalue weighted by atomic mass is 9.85. The monoisotopic (exact) mass is 451 g/mol. The maximum absolute atomic E-state index is 11.5. The zero-order valence-corrected chi connectivity index (χ0v) is 19.5. The Labute approximate surface area is 204 Å². The van der Waals surface area contributed by atoms with E-state index in [-0.39, 0.29) is 11.2 Å². The number of carbonyl (C=O) groups excluding carboxylic acids is 1. The molecule has 2 heteroatoms. The van der Waals surface area contributed by atoms with Crippen LogP contribution in [0.1, 0.15) is 18.1 Å². The van der Waals surface area contributed by atoms with E-state index >= 15 is 0 Å². The van der Waals surface area contributed by atoms with Crippen molar-refractivity contribution in [3.05, 3.63) is 143 Å². The van der Waals surface area contributed by atoms with Crippen LogP contribution < -0.4 is 10.4 Å². The fourth-order valence-electron chi connectivity index (χ4n) is 4.94. The van der Waals surface area contributed by atoms with Gasteiger partial charge in [0.2, 0.25) is 0 Å². The summed E-state index contributed by atoms with van der Waals surface area (Å²) in [6, 6.07) is 34.4. The molecule has 6 rings (SSSR count). The zero-order chi connectivity index (χ0) is 23.8. The minimum atomic E-state index is -0.262. The smallest absolute Gasteiger partial charge is 0.178 e. The molecule has 0 bridgehead atoms. The van der Waals surface area contributed by atoms with Crippen LogP contribution in [0.3, 0.4) is 0 Å². The van der Waals surface area contributed by atoms with E-state index in [9.17, 15) is 4.79 Å². The SMILES string of the molecule is CC1(C=c2ccc(=C(c3ccccc3)c3ccc4[nH]c5ccccc5c4c3)cc2)C=CC(=O)C=C1. The van der Waals surface area contributed by atoms with Crippen LogP contribution in [-0.2, 0) is 4.79 Å². The molecule has 1 N–H and O–H groups in total. The molecule has 0 radical (unpaired) electrons. The minimum Gasteiger partial charge on any atom is -0.355 e. The molecular formula is C33H25NO. The molecule has 4 aromatic carbocycles. The average molecular weight is 452 g/mol. The third-order valence-electron chi connectivity index (χ3n) is 6.75. The number of hydrogen-bond donors (Lipinski definition) is 1. The summed E-state index contributed by atoms with van der Waals surface area (Å²) in [7, 11) is 0. The number of H-pyrrole nitrogens is 1. The van der Waals surface area contributed by atoms with Gasteiger partial charge in [-0.05, 0) is 64.4 Å². The number of aromatic amines is 1. The summed E-state index contributed by atoms with van der Waals surface area (Å²) in [5, 5.41) is 4.76. The molecule has 5 aromatic rings. The van der Waals surface area contributed by atoms with Gasteiger partial charge in [-0.2, -0.15) is 0 Å². The van der Waals surface area contributed by atoms with E-state index in [0.717, 1.165) is 16.3 Å². The van der Waals surface area contributed by atoms with Gasteiger partial charge in [0.15, 0.2) is 5.78 Å². The highest BCUT2D eigenvalue weighted by Gasteiger charge is 2.17. The summed E-state index contributed by atoms with van der Waals surface area (Å²) in [5.41, 5.74) is 5.62. The van der Waals surface area contributed by atoms with Crippen LogP contribution in [0.5, 0.6) is 0 Å². The van der Waals surface area contributed by atoms with Crippen molar-refractivity contribution in [3.63, 3.8) is 0 Å². The third-order valence-corrected chi connectivity index (χ3v) is 6.75. The first-order valence-electron chi connectivity index (χ1n) is 11.9. The molecule has 1 heterocycles. The predicted molar refractivity (Wildman–Crippen MR) is 145 cm³/mol. The van der Waals surface area contributed by atoms with Gasteiger partial charge in [-0.25, -0.2) is 0 Å². The van der Waals surface area contributed by atoms with E-state index in [1.165, 1.54) is 32.7 Å². The number of allylic oxidation sites excluding steroid dienone is 4. The van der Waals surface area contributed by atoms with E-state index in [1.54, 1.807) is 12.2 Å². The first-order valence-corrected chi connectivity index (χ1v) is 11.9. The number of ketones is 1. The first-order chi connectivity index (χ1) is 17.1. The van der Waals surface area contributed by atoms with Crippen LogP contribution in [0.2, 0.25) is 0 Å². The molecule has 1 aromatic heterocycles. The Morgan fingerprint density at radius 2 is 1.40 bits per heavy atom. The summed E-state index contributed by atoms with van der Waals surface area (Å²) in [4.78, 5) is 15.1. The molecule has 0 fully saturated rings. The fraction of sp³-hybridized carbons (Fsp3) is 0.0606. The molecule has 1 aliphatic rings. The molecule has 0 amide bonds. The Morgan fingerprint density at radius 3 is 2.17 bits per heavy atom.